The van der Waals surface area contributed by atoms with E-state index in [9.17, 15) is 9.59 Å². The van der Waals surface area contributed by atoms with E-state index < -0.39 is 17.7 Å². The fourth-order valence-corrected chi connectivity index (χ4v) is 3.42. The van der Waals surface area contributed by atoms with Crippen LogP contribution in [-0.4, -0.2) is 54.4 Å². The van der Waals surface area contributed by atoms with Gasteiger partial charge >= 0.3 is 6.09 Å². The summed E-state index contributed by atoms with van der Waals surface area (Å²) in [5, 5.41) is 2.82. The first-order valence-electron chi connectivity index (χ1n) is 7.85. The largest absolute Gasteiger partial charge is 0.497 e. The average molecular weight is 368 g/mol. The Morgan fingerprint density at radius 1 is 1.24 bits per heavy atom. The number of anilines is 1. The highest BCUT2D eigenvalue weighted by Crippen LogP contribution is 2.30. The van der Waals surface area contributed by atoms with Gasteiger partial charge in [-0.05, 0) is 32.9 Å². The normalized spacial score (nSPS) is 17.2. The summed E-state index contributed by atoms with van der Waals surface area (Å²) >= 11 is 1.51. The number of nitrogens with zero attached hydrogens (tertiary/aromatic N) is 1. The van der Waals surface area contributed by atoms with Gasteiger partial charge in [0.05, 0.1) is 25.8 Å². The van der Waals surface area contributed by atoms with Crippen LogP contribution in [0.3, 0.4) is 0 Å². The van der Waals surface area contributed by atoms with Crippen LogP contribution in [-0.2, 0) is 9.53 Å². The molecule has 8 heteroatoms. The number of hydrogen-bond acceptors (Lipinski definition) is 6. The van der Waals surface area contributed by atoms with Gasteiger partial charge in [0.2, 0.25) is 5.91 Å². The third-order valence-corrected chi connectivity index (χ3v) is 4.49. The van der Waals surface area contributed by atoms with E-state index in [0.29, 0.717) is 28.8 Å². The van der Waals surface area contributed by atoms with E-state index in [1.165, 1.54) is 23.8 Å². The molecule has 0 spiro atoms. The zero-order valence-electron chi connectivity index (χ0n) is 15.1. The van der Waals surface area contributed by atoms with Crippen LogP contribution >= 0.6 is 11.8 Å². The van der Waals surface area contributed by atoms with Gasteiger partial charge in [-0.1, -0.05) is 0 Å². The molecule has 138 valence electrons. The van der Waals surface area contributed by atoms with Gasteiger partial charge in [0.25, 0.3) is 0 Å². The van der Waals surface area contributed by atoms with Crippen molar-refractivity contribution in [2.75, 3.05) is 31.2 Å². The van der Waals surface area contributed by atoms with E-state index in [1.807, 2.05) is 0 Å². The van der Waals surface area contributed by atoms with Gasteiger partial charge in [0, 0.05) is 11.8 Å². The Balaban J connectivity index is 2.10. The van der Waals surface area contributed by atoms with Gasteiger partial charge in [-0.15, -0.1) is 11.8 Å². The molecule has 1 aliphatic heterocycles. The molecule has 1 aromatic rings. The SMILES string of the molecule is COc1ccc(NC(=O)[C@H]2CSCN2C(=O)OC(C)(C)C)c(OC)c1. The van der Waals surface area contributed by atoms with E-state index in [2.05, 4.69) is 5.32 Å². The first kappa shape index (κ1) is 19.2. The fraction of sp³-hybridized carbons (Fsp3) is 0.529. The minimum absolute atomic E-state index is 0.278. The molecule has 0 unspecified atom stereocenters. The zero-order valence-corrected chi connectivity index (χ0v) is 15.9. The molecule has 0 saturated carbocycles. The second kappa shape index (κ2) is 7.86. The van der Waals surface area contributed by atoms with Gasteiger partial charge in [-0.3, -0.25) is 9.69 Å². The molecule has 1 aliphatic rings. The number of carbonyl (C=O) groups is 2. The van der Waals surface area contributed by atoms with Crippen molar-refractivity contribution in [1.82, 2.24) is 4.90 Å². The monoisotopic (exact) mass is 368 g/mol. The molecule has 0 aliphatic carbocycles. The fourth-order valence-electron chi connectivity index (χ4n) is 2.28. The highest BCUT2D eigenvalue weighted by atomic mass is 32.2. The molecular weight excluding hydrogens is 344 g/mol. The number of ether oxygens (including phenoxy) is 3. The molecule has 1 saturated heterocycles. The molecule has 1 fully saturated rings. The van der Waals surface area contributed by atoms with Crippen molar-refractivity contribution in [2.24, 2.45) is 0 Å². The predicted molar refractivity (Wildman–Crippen MR) is 97.4 cm³/mol. The quantitative estimate of drug-likeness (QED) is 0.880. The van der Waals surface area contributed by atoms with E-state index in [1.54, 1.807) is 46.1 Å². The van der Waals surface area contributed by atoms with E-state index in [-0.39, 0.29) is 5.91 Å². The van der Waals surface area contributed by atoms with Gasteiger partial charge in [-0.2, -0.15) is 0 Å². The molecule has 25 heavy (non-hydrogen) atoms. The lowest BCUT2D eigenvalue weighted by Gasteiger charge is -2.27. The van der Waals surface area contributed by atoms with E-state index in [4.69, 9.17) is 14.2 Å². The Kier molecular flexibility index (Phi) is 6.05. The lowest BCUT2D eigenvalue weighted by molar-refractivity contribution is -0.120. The van der Waals surface area contributed by atoms with Crippen LogP contribution in [0.5, 0.6) is 11.5 Å². The van der Waals surface area contributed by atoms with Crippen LogP contribution in [0, 0.1) is 0 Å². The number of benzene rings is 1. The van der Waals surface area contributed by atoms with Crippen molar-refractivity contribution in [1.29, 1.82) is 0 Å². The number of thioether (sulfide) groups is 1. The second-order valence-corrected chi connectivity index (χ2v) is 7.52. The maximum absolute atomic E-state index is 12.7. The summed E-state index contributed by atoms with van der Waals surface area (Å²) < 4.78 is 15.8. The Bertz CT molecular complexity index is 644. The van der Waals surface area contributed by atoms with Crippen molar-refractivity contribution >= 4 is 29.4 Å². The molecule has 1 atom stereocenters. The van der Waals surface area contributed by atoms with Crippen LogP contribution in [0.2, 0.25) is 0 Å². The zero-order chi connectivity index (χ0) is 18.6. The van der Waals surface area contributed by atoms with Crippen molar-refractivity contribution in [3.8, 4) is 11.5 Å². The number of rotatable bonds is 4. The number of nitrogens with one attached hydrogen (secondary N) is 1. The summed E-state index contributed by atoms with van der Waals surface area (Å²) in [6.45, 7) is 5.39. The summed E-state index contributed by atoms with van der Waals surface area (Å²) in [5.41, 5.74) is -0.0840. The molecule has 1 aromatic carbocycles. The highest BCUT2D eigenvalue weighted by molar-refractivity contribution is 7.99. The summed E-state index contributed by atoms with van der Waals surface area (Å²) in [5.74, 6) is 1.78. The van der Waals surface area contributed by atoms with Crippen LogP contribution in [0.1, 0.15) is 20.8 Å². The lowest BCUT2D eigenvalue weighted by atomic mass is 10.2. The summed E-state index contributed by atoms with van der Waals surface area (Å²) in [6, 6.07) is 4.53. The lowest BCUT2D eigenvalue weighted by Crippen LogP contribution is -2.46. The van der Waals surface area contributed by atoms with Crippen LogP contribution in [0.4, 0.5) is 10.5 Å². The molecule has 0 aromatic heterocycles. The van der Waals surface area contributed by atoms with Crippen molar-refractivity contribution in [3.63, 3.8) is 0 Å². The summed E-state index contributed by atoms with van der Waals surface area (Å²) in [6.07, 6.45) is -0.487. The molecule has 1 N–H and O–H groups in total. The molecule has 2 amide bonds. The van der Waals surface area contributed by atoms with Crippen LogP contribution < -0.4 is 14.8 Å². The third kappa shape index (κ3) is 4.94. The second-order valence-electron chi connectivity index (χ2n) is 6.52. The Morgan fingerprint density at radius 3 is 2.56 bits per heavy atom. The Morgan fingerprint density at radius 2 is 1.96 bits per heavy atom. The first-order valence-corrected chi connectivity index (χ1v) is 9.01. The Hall–Kier alpha value is -2.09. The molecule has 2 rings (SSSR count). The smallest absolute Gasteiger partial charge is 0.411 e. The minimum atomic E-state index is -0.607. The summed E-state index contributed by atoms with van der Waals surface area (Å²) in [7, 11) is 3.07. The average Bonchev–Trinajstić information content (AvgIpc) is 3.03. The van der Waals surface area contributed by atoms with Gasteiger partial charge in [0.1, 0.15) is 23.1 Å². The van der Waals surface area contributed by atoms with Gasteiger partial charge in [0.15, 0.2) is 0 Å². The maximum Gasteiger partial charge on any atom is 0.411 e. The number of hydrogen-bond donors (Lipinski definition) is 1. The van der Waals surface area contributed by atoms with Gasteiger partial charge < -0.3 is 19.5 Å². The van der Waals surface area contributed by atoms with Crippen LogP contribution in [0.15, 0.2) is 18.2 Å². The molecule has 7 nitrogen and oxygen atoms in total. The molecular formula is C17H24N2O5S. The number of amides is 2. The van der Waals surface area contributed by atoms with Crippen LogP contribution in [0.25, 0.3) is 0 Å². The summed E-state index contributed by atoms with van der Waals surface area (Å²) in [4.78, 5) is 26.4. The number of methoxy groups -OCH3 is 2. The van der Waals surface area contributed by atoms with Crippen molar-refractivity contribution < 1.29 is 23.8 Å². The predicted octanol–water partition coefficient (Wildman–Crippen LogP) is 2.95. The third-order valence-electron chi connectivity index (χ3n) is 3.48. The van der Waals surface area contributed by atoms with Gasteiger partial charge in [-0.25, -0.2) is 4.79 Å². The topological polar surface area (TPSA) is 77.1 Å². The maximum atomic E-state index is 12.7. The first-order chi connectivity index (χ1) is 11.7. The minimum Gasteiger partial charge on any atom is -0.497 e. The van der Waals surface area contributed by atoms with E-state index >= 15 is 0 Å². The molecule has 1 heterocycles. The standard InChI is InChI=1S/C17H24N2O5S/c1-17(2,3)24-16(21)19-10-25-9-13(19)15(20)18-12-7-6-11(22-4)8-14(12)23-5/h6-8,13H,9-10H2,1-5H3,(H,18,20)/t13-/m1/s1. The van der Waals surface area contributed by atoms with E-state index in [0.717, 1.165) is 0 Å². The highest BCUT2D eigenvalue weighted by Gasteiger charge is 2.37. The number of carbonyl (C=O) groups excluding carboxylic acids is 2. The van der Waals surface area contributed by atoms with Crippen molar-refractivity contribution in [2.45, 2.75) is 32.4 Å². The molecule has 0 bridgehead atoms. The molecule has 0 radical (unpaired) electrons. The van der Waals surface area contributed by atoms with Crippen molar-refractivity contribution in [3.05, 3.63) is 18.2 Å². The Labute approximate surface area is 152 Å².